The van der Waals surface area contributed by atoms with Gasteiger partial charge in [0.05, 0.1) is 18.6 Å². The molecular formula is C19H20O6. The van der Waals surface area contributed by atoms with E-state index >= 15 is 0 Å². The third-order valence-corrected chi connectivity index (χ3v) is 4.23. The summed E-state index contributed by atoms with van der Waals surface area (Å²) < 4.78 is 10.5. The third-order valence-electron chi connectivity index (χ3n) is 4.23. The summed E-state index contributed by atoms with van der Waals surface area (Å²) in [5.74, 6) is -2.06. The maximum Gasteiger partial charge on any atom is 0.309 e. The Labute approximate surface area is 145 Å². The predicted octanol–water partition coefficient (Wildman–Crippen LogP) is 2.61. The highest BCUT2D eigenvalue weighted by Gasteiger charge is 2.37. The summed E-state index contributed by atoms with van der Waals surface area (Å²) in [5.41, 5.74) is 0.130. The number of ketones is 2. The Morgan fingerprint density at radius 1 is 1.12 bits per heavy atom. The first-order valence-corrected chi connectivity index (χ1v) is 8.43. The van der Waals surface area contributed by atoms with E-state index in [0.717, 1.165) is 12.8 Å². The molecule has 0 radical (unpaired) electrons. The number of ether oxygens (including phenoxy) is 2. The quantitative estimate of drug-likeness (QED) is 0.382. The van der Waals surface area contributed by atoms with E-state index in [9.17, 15) is 19.5 Å². The normalized spacial score (nSPS) is 20.4. The molecule has 6 heteroatoms. The van der Waals surface area contributed by atoms with Crippen LogP contribution in [0.4, 0.5) is 0 Å². The molecule has 3 rings (SSSR count). The number of allylic oxidation sites excluding steroid dienone is 1. The summed E-state index contributed by atoms with van der Waals surface area (Å²) in [7, 11) is 0. The fourth-order valence-corrected chi connectivity index (χ4v) is 2.78. The third kappa shape index (κ3) is 3.90. The molecule has 2 saturated carbocycles. The SMILES string of the molecule is CCOC(=O)C1CC(=O)C(=C(O)c2ccc(OC3CC3)cc2)C(=O)C1. The molecule has 1 N–H and O–H groups in total. The van der Waals surface area contributed by atoms with Crippen LogP contribution in [0.5, 0.6) is 5.75 Å². The Morgan fingerprint density at radius 2 is 1.72 bits per heavy atom. The smallest absolute Gasteiger partial charge is 0.309 e. The van der Waals surface area contributed by atoms with Gasteiger partial charge in [0.25, 0.3) is 0 Å². The molecule has 132 valence electrons. The van der Waals surface area contributed by atoms with Gasteiger partial charge in [-0.1, -0.05) is 0 Å². The minimum absolute atomic E-state index is 0.132. The number of carbonyl (C=O) groups excluding carboxylic acids is 3. The van der Waals surface area contributed by atoms with E-state index in [2.05, 4.69) is 0 Å². The van der Waals surface area contributed by atoms with Crippen molar-refractivity contribution in [3.05, 3.63) is 35.4 Å². The lowest BCUT2D eigenvalue weighted by atomic mass is 9.82. The molecule has 0 amide bonds. The zero-order chi connectivity index (χ0) is 18.0. The molecule has 0 aromatic heterocycles. The number of hydrogen-bond donors (Lipinski definition) is 1. The van der Waals surface area contributed by atoms with E-state index in [-0.39, 0.29) is 36.9 Å². The molecule has 0 unspecified atom stereocenters. The number of aliphatic hydroxyl groups excluding tert-OH is 1. The van der Waals surface area contributed by atoms with Gasteiger partial charge in [0.2, 0.25) is 0 Å². The van der Waals surface area contributed by atoms with Gasteiger partial charge in [-0.2, -0.15) is 0 Å². The molecule has 0 heterocycles. The minimum atomic E-state index is -0.772. The Morgan fingerprint density at radius 3 is 2.24 bits per heavy atom. The van der Waals surface area contributed by atoms with Crippen LogP contribution >= 0.6 is 0 Å². The monoisotopic (exact) mass is 344 g/mol. The Bertz CT molecular complexity index is 707. The minimum Gasteiger partial charge on any atom is -0.506 e. The van der Waals surface area contributed by atoms with Crippen molar-refractivity contribution in [2.75, 3.05) is 6.61 Å². The van der Waals surface area contributed by atoms with E-state index in [1.807, 2.05) is 0 Å². The first-order chi connectivity index (χ1) is 12.0. The van der Waals surface area contributed by atoms with Gasteiger partial charge in [0.1, 0.15) is 17.1 Å². The van der Waals surface area contributed by atoms with E-state index in [1.165, 1.54) is 0 Å². The molecule has 0 saturated heterocycles. The Hall–Kier alpha value is -2.63. The molecule has 1 aromatic carbocycles. The fraction of sp³-hybridized carbons (Fsp3) is 0.421. The number of Topliss-reactive ketones (excluding diaryl/α,β-unsaturated/α-hetero) is 2. The van der Waals surface area contributed by atoms with Crippen LogP contribution in [0.15, 0.2) is 29.8 Å². The Balaban J connectivity index is 1.77. The number of hydrogen-bond acceptors (Lipinski definition) is 6. The number of esters is 1. The van der Waals surface area contributed by atoms with Crippen LogP contribution in [0.1, 0.15) is 38.2 Å². The molecule has 0 atom stereocenters. The standard InChI is InChI=1S/C19H20O6/c1-2-24-19(23)12-9-15(20)17(16(21)10-12)18(22)11-3-5-13(6-4-11)25-14-7-8-14/h3-6,12,14,22H,2,7-10H2,1H3. The van der Waals surface area contributed by atoms with Gasteiger partial charge in [-0.15, -0.1) is 0 Å². The zero-order valence-electron chi connectivity index (χ0n) is 14.0. The fourth-order valence-electron chi connectivity index (χ4n) is 2.78. The van der Waals surface area contributed by atoms with Crippen molar-refractivity contribution >= 4 is 23.3 Å². The van der Waals surface area contributed by atoms with Crippen LogP contribution < -0.4 is 4.74 Å². The zero-order valence-corrected chi connectivity index (χ0v) is 14.0. The van der Waals surface area contributed by atoms with Gasteiger partial charge in [-0.05, 0) is 44.0 Å². The van der Waals surface area contributed by atoms with Crippen LogP contribution in [-0.2, 0) is 19.1 Å². The summed E-state index contributed by atoms with van der Waals surface area (Å²) in [5, 5.41) is 10.4. The number of carbonyl (C=O) groups is 3. The molecular weight excluding hydrogens is 324 g/mol. The predicted molar refractivity (Wildman–Crippen MR) is 89.0 cm³/mol. The van der Waals surface area contributed by atoms with Gasteiger partial charge in [0, 0.05) is 18.4 Å². The highest BCUT2D eigenvalue weighted by Crippen LogP contribution is 2.31. The highest BCUT2D eigenvalue weighted by molar-refractivity contribution is 6.27. The van der Waals surface area contributed by atoms with Crippen LogP contribution in [0.2, 0.25) is 0 Å². The summed E-state index contributed by atoms with van der Waals surface area (Å²) in [4.78, 5) is 36.3. The lowest BCUT2D eigenvalue weighted by Crippen LogP contribution is -2.32. The van der Waals surface area contributed by atoms with E-state index in [4.69, 9.17) is 9.47 Å². The van der Waals surface area contributed by atoms with Crippen molar-refractivity contribution in [3.63, 3.8) is 0 Å². The largest absolute Gasteiger partial charge is 0.506 e. The van der Waals surface area contributed by atoms with E-state index in [0.29, 0.717) is 11.3 Å². The van der Waals surface area contributed by atoms with Crippen LogP contribution in [0, 0.1) is 5.92 Å². The van der Waals surface area contributed by atoms with Gasteiger partial charge in [-0.3, -0.25) is 14.4 Å². The maximum atomic E-state index is 12.3. The van der Waals surface area contributed by atoms with Gasteiger partial charge < -0.3 is 14.6 Å². The van der Waals surface area contributed by atoms with E-state index < -0.39 is 23.5 Å². The summed E-state index contributed by atoms with van der Waals surface area (Å²) in [6.07, 6.45) is 2.09. The first-order valence-electron chi connectivity index (χ1n) is 8.43. The molecule has 2 aliphatic rings. The maximum absolute atomic E-state index is 12.3. The summed E-state index contributed by atoms with van der Waals surface area (Å²) in [6.45, 7) is 1.86. The van der Waals surface area contributed by atoms with Gasteiger partial charge >= 0.3 is 5.97 Å². The second-order valence-corrected chi connectivity index (χ2v) is 6.27. The van der Waals surface area contributed by atoms with Crippen molar-refractivity contribution in [1.82, 2.24) is 0 Å². The van der Waals surface area contributed by atoms with Crippen LogP contribution in [0.25, 0.3) is 5.76 Å². The van der Waals surface area contributed by atoms with Crippen molar-refractivity contribution in [2.24, 2.45) is 5.92 Å². The van der Waals surface area contributed by atoms with Gasteiger partial charge in [0.15, 0.2) is 11.6 Å². The molecule has 0 bridgehead atoms. The highest BCUT2D eigenvalue weighted by atomic mass is 16.5. The molecule has 6 nitrogen and oxygen atoms in total. The average molecular weight is 344 g/mol. The lowest BCUT2D eigenvalue weighted by Gasteiger charge is -2.21. The molecule has 0 spiro atoms. The van der Waals surface area contributed by atoms with Crippen molar-refractivity contribution < 1.29 is 29.0 Å². The molecule has 2 aliphatic carbocycles. The second kappa shape index (κ2) is 7.09. The number of aliphatic hydroxyl groups is 1. The van der Waals surface area contributed by atoms with Crippen molar-refractivity contribution in [1.29, 1.82) is 0 Å². The van der Waals surface area contributed by atoms with Crippen LogP contribution in [-0.4, -0.2) is 35.4 Å². The molecule has 1 aromatic rings. The first kappa shape index (κ1) is 17.2. The average Bonchev–Trinajstić information content (AvgIpc) is 3.39. The topological polar surface area (TPSA) is 89.9 Å². The number of rotatable bonds is 5. The van der Waals surface area contributed by atoms with Crippen molar-refractivity contribution in [2.45, 2.75) is 38.7 Å². The molecule has 25 heavy (non-hydrogen) atoms. The summed E-state index contributed by atoms with van der Waals surface area (Å²) >= 11 is 0. The Kier molecular flexibility index (Phi) is 4.88. The van der Waals surface area contributed by atoms with Crippen LogP contribution in [0.3, 0.4) is 0 Å². The molecule has 2 fully saturated rings. The number of benzene rings is 1. The van der Waals surface area contributed by atoms with Gasteiger partial charge in [-0.25, -0.2) is 0 Å². The van der Waals surface area contributed by atoms with E-state index in [1.54, 1.807) is 31.2 Å². The lowest BCUT2D eigenvalue weighted by molar-refractivity contribution is -0.151. The summed E-state index contributed by atoms with van der Waals surface area (Å²) in [6, 6.07) is 6.61. The van der Waals surface area contributed by atoms with Crippen molar-refractivity contribution in [3.8, 4) is 5.75 Å². The second-order valence-electron chi connectivity index (χ2n) is 6.27. The molecule has 0 aliphatic heterocycles.